The van der Waals surface area contributed by atoms with Crippen LogP contribution in [0.2, 0.25) is 0 Å². The van der Waals surface area contributed by atoms with E-state index in [9.17, 15) is 9.59 Å². The second kappa shape index (κ2) is 9.35. The molecule has 0 aromatic rings. The van der Waals surface area contributed by atoms with Crippen molar-refractivity contribution in [2.75, 3.05) is 6.07 Å². The Bertz CT molecular complexity index is 712. The van der Waals surface area contributed by atoms with Crippen LogP contribution in [0.4, 0.5) is 4.79 Å². The lowest BCUT2D eigenvalue weighted by Gasteiger charge is -2.61. The molecule has 182 valence electrons. The Morgan fingerprint density at radius 3 is 2.47 bits per heavy atom. The predicted octanol–water partition coefficient (Wildman–Crippen LogP) is 6.86. The average molecular weight is 469 g/mol. The third kappa shape index (κ3) is 4.28. The third-order valence-corrected chi connectivity index (χ3v) is 10.7. The second-order valence-corrected chi connectivity index (χ2v) is 12.0. The van der Waals surface area contributed by atoms with Gasteiger partial charge in [-0.05, 0) is 111 Å². The maximum Gasteiger partial charge on any atom is 0.509 e. The molecule has 9 atom stereocenters. The van der Waals surface area contributed by atoms with Gasteiger partial charge in [-0.25, -0.2) is 4.79 Å². The summed E-state index contributed by atoms with van der Waals surface area (Å²) in [6, 6.07) is -0.160. The molecule has 5 nitrogen and oxygen atoms in total. The van der Waals surface area contributed by atoms with E-state index in [0.29, 0.717) is 35.0 Å². The number of rotatable bonds is 6. The largest absolute Gasteiger partial charge is 0.509 e. The first-order valence-corrected chi connectivity index (χ1v) is 13.3. The van der Waals surface area contributed by atoms with Gasteiger partial charge >= 0.3 is 12.1 Å². The van der Waals surface area contributed by atoms with E-state index in [0.717, 1.165) is 43.4 Å². The van der Waals surface area contributed by atoms with Gasteiger partial charge in [0.15, 0.2) is 6.07 Å². The van der Waals surface area contributed by atoms with E-state index < -0.39 is 12.1 Å². The predicted molar refractivity (Wildman–Crippen MR) is 123 cm³/mol. The van der Waals surface area contributed by atoms with Gasteiger partial charge in [0.25, 0.3) is 0 Å². The van der Waals surface area contributed by atoms with Crippen molar-refractivity contribution in [2.45, 2.75) is 97.5 Å². The average Bonchev–Trinajstić information content (AvgIpc) is 3.09. The molecule has 4 fully saturated rings. The van der Waals surface area contributed by atoms with E-state index >= 15 is 0 Å². The minimum absolute atomic E-state index is 0.0415. The van der Waals surface area contributed by atoms with E-state index in [1.54, 1.807) is 0 Å². The molecule has 5 unspecified atom stereocenters. The fraction of sp³-hybridized carbons (Fsp3) is 0.923. The van der Waals surface area contributed by atoms with Crippen molar-refractivity contribution in [3.63, 3.8) is 0 Å². The molecule has 0 aliphatic heterocycles. The molecule has 0 saturated heterocycles. The van der Waals surface area contributed by atoms with Gasteiger partial charge in [-0.3, -0.25) is 4.79 Å². The van der Waals surface area contributed by atoms with E-state index in [-0.39, 0.29) is 12.2 Å². The SMILES string of the molecule is C[C@H](CCC(=O)O)C1CCC2C3CCC4C[C@H](OC(=O)OCCl)CC[C@]4(C)C3CC[C@@]21C. The Hall–Kier alpha value is -0.970. The minimum Gasteiger partial charge on any atom is -0.481 e. The Balaban J connectivity index is 1.43. The first kappa shape index (κ1) is 24.2. The van der Waals surface area contributed by atoms with Gasteiger partial charge in [-0.2, -0.15) is 0 Å². The van der Waals surface area contributed by atoms with Crippen molar-refractivity contribution in [1.82, 2.24) is 0 Å². The molecule has 32 heavy (non-hydrogen) atoms. The molecule has 6 heteroatoms. The van der Waals surface area contributed by atoms with E-state index in [2.05, 4.69) is 20.8 Å². The Morgan fingerprint density at radius 1 is 1.03 bits per heavy atom. The Kier molecular flexibility index (Phi) is 7.06. The van der Waals surface area contributed by atoms with Crippen LogP contribution in [-0.2, 0) is 14.3 Å². The van der Waals surface area contributed by atoms with E-state index in [1.807, 2.05) is 0 Å². The molecule has 0 aromatic carbocycles. The van der Waals surface area contributed by atoms with E-state index in [1.165, 1.54) is 38.5 Å². The summed E-state index contributed by atoms with van der Waals surface area (Å²) in [6.45, 7) is 7.35. The Labute approximate surface area is 197 Å². The number of carbonyl (C=O) groups is 2. The lowest BCUT2D eigenvalue weighted by Crippen LogP contribution is -2.54. The number of aliphatic carboxylic acids is 1. The lowest BCUT2D eigenvalue weighted by molar-refractivity contribution is -0.138. The lowest BCUT2D eigenvalue weighted by atomic mass is 9.44. The molecule has 0 heterocycles. The quantitative estimate of drug-likeness (QED) is 0.340. The fourth-order valence-electron chi connectivity index (χ4n) is 9.07. The number of hydrogen-bond donors (Lipinski definition) is 1. The molecule has 4 rings (SSSR count). The molecule has 1 N–H and O–H groups in total. The molecule has 0 bridgehead atoms. The van der Waals surface area contributed by atoms with Crippen LogP contribution >= 0.6 is 11.6 Å². The summed E-state index contributed by atoms with van der Waals surface area (Å²) in [4.78, 5) is 22.9. The van der Waals surface area contributed by atoms with Crippen molar-refractivity contribution < 1.29 is 24.2 Å². The number of carboxylic acid groups (broad SMARTS) is 1. The summed E-state index contributed by atoms with van der Waals surface area (Å²) in [5.74, 6) is 3.45. The summed E-state index contributed by atoms with van der Waals surface area (Å²) >= 11 is 5.49. The smallest absolute Gasteiger partial charge is 0.481 e. The number of ether oxygens (including phenoxy) is 2. The number of halogens is 1. The zero-order valence-electron chi connectivity index (χ0n) is 20.0. The van der Waals surface area contributed by atoms with Gasteiger partial charge in [-0.1, -0.05) is 32.4 Å². The van der Waals surface area contributed by atoms with Gasteiger partial charge in [0.05, 0.1) is 0 Å². The summed E-state index contributed by atoms with van der Waals surface area (Å²) in [5, 5.41) is 9.15. The van der Waals surface area contributed by atoms with Crippen LogP contribution in [0.25, 0.3) is 0 Å². The van der Waals surface area contributed by atoms with Crippen molar-refractivity contribution >= 4 is 23.7 Å². The van der Waals surface area contributed by atoms with Crippen LogP contribution in [0.1, 0.15) is 91.4 Å². The topological polar surface area (TPSA) is 72.8 Å². The maximum atomic E-state index is 11.7. The van der Waals surface area contributed by atoms with Crippen LogP contribution in [0.5, 0.6) is 0 Å². The highest BCUT2D eigenvalue weighted by Gasteiger charge is 2.60. The summed E-state index contributed by atoms with van der Waals surface area (Å²) < 4.78 is 10.3. The number of carboxylic acids is 1. The summed E-state index contributed by atoms with van der Waals surface area (Å²) in [6.07, 6.45) is 11.1. The normalized spacial score (nSPS) is 44.0. The maximum absolute atomic E-state index is 11.7. The highest BCUT2D eigenvalue weighted by atomic mass is 35.5. The highest BCUT2D eigenvalue weighted by Crippen LogP contribution is 2.68. The summed E-state index contributed by atoms with van der Waals surface area (Å²) in [5.41, 5.74) is 0.710. The molecule has 4 saturated carbocycles. The van der Waals surface area contributed by atoms with Gasteiger partial charge in [0.2, 0.25) is 0 Å². The van der Waals surface area contributed by atoms with Crippen LogP contribution in [0.3, 0.4) is 0 Å². The molecule has 0 radical (unpaired) electrons. The summed E-state index contributed by atoms with van der Waals surface area (Å²) in [7, 11) is 0. The first-order valence-electron chi connectivity index (χ1n) is 12.8. The standard InChI is InChI=1S/C26H41ClO5/c1-16(4-9-23(28)29)20-7-8-21-19-6-5-17-14-18(32-24(30)31-15-27)10-12-25(17,2)22(19)11-13-26(20,21)3/h16-22H,4-15H2,1-3H3,(H,28,29)/t16-,17?,18-,19?,20?,21?,22?,25+,26-/m1/s1. The van der Waals surface area contributed by atoms with Crippen molar-refractivity contribution in [3.8, 4) is 0 Å². The molecule has 0 amide bonds. The zero-order valence-corrected chi connectivity index (χ0v) is 20.7. The van der Waals surface area contributed by atoms with Crippen molar-refractivity contribution in [2.24, 2.45) is 46.3 Å². The molecule has 0 spiro atoms. The minimum atomic E-state index is -0.665. The van der Waals surface area contributed by atoms with E-state index in [4.69, 9.17) is 26.2 Å². The number of fused-ring (bicyclic) bond motifs is 5. The highest BCUT2D eigenvalue weighted by molar-refractivity contribution is 6.17. The Morgan fingerprint density at radius 2 is 1.75 bits per heavy atom. The second-order valence-electron chi connectivity index (χ2n) is 11.8. The molecule has 0 aromatic heterocycles. The van der Waals surface area contributed by atoms with Crippen LogP contribution in [0.15, 0.2) is 0 Å². The fourth-order valence-corrected chi connectivity index (χ4v) is 9.16. The molecule has 4 aliphatic carbocycles. The van der Waals surface area contributed by atoms with Crippen LogP contribution in [0, 0.1) is 46.3 Å². The third-order valence-electron chi connectivity index (χ3n) is 10.6. The van der Waals surface area contributed by atoms with Gasteiger partial charge in [-0.15, -0.1) is 0 Å². The molecular weight excluding hydrogens is 428 g/mol. The monoisotopic (exact) mass is 468 g/mol. The van der Waals surface area contributed by atoms with Crippen molar-refractivity contribution in [1.29, 1.82) is 0 Å². The van der Waals surface area contributed by atoms with Gasteiger partial charge < -0.3 is 14.6 Å². The van der Waals surface area contributed by atoms with Crippen LogP contribution < -0.4 is 0 Å². The molecule has 4 aliphatic rings. The number of hydrogen-bond acceptors (Lipinski definition) is 4. The number of alkyl halides is 1. The number of carbonyl (C=O) groups excluding carboxylic acids is 1. The molecular formula is C26H41ClO5. The first-order chi connectivity index (χ1) is 15.2. The zero-order chi connectivity index (χ0) is 23.1. The van der Waals surface area contributed by atoms with Gasteiger partial charge in [0.1, 0.15) is 6.10 Å². The van der Waals surface area contributed by atoms with Gasteiger partial charge in [0, 0.05) is 6.42 Å². The van der Waals surface area contributed by atoms with Crippen LogP contribution in [-0.4, -0.2) is 29.4 Å². The van der Waals surface area contributed by atoms with Crippen molar-refractivity contribution in [3.05, 3.63) is 0 Å².